The minimum atomic E-state index is -0.187. The van der Waals surface area contributed by atoms with Gasteiger partial charge in [0.15, 0.2) is 0 Å². The number of anilines is 6. The van der Waals surface area contributed by atoms with E-state index in [0.717, 1.165) is 56.5 Å². The van der Waals surface area contributed by atoms with Crippen molar-refractivity contribution in [1.82, 2.24) is 0 Å². The fourth-order valence-electron chi connectivity index (χ4n) is 11.7. The Balaban J connectivity index is 1.12. The van der Waals surface area contributed by atoms with E-state index in [1.807, 2.05) is 22.7 Å². The standard InChI is InChI=1S/C63H55BN2O2S2/c1-34-24-47-57-48(25-34)66(59-37(4)28-42(29-38(59)5)54-31-40-17-13-15-19-52(40)70-54)61-56(46-33-44(63(9,10)11)21-23-50(46)68-61)64(57)55-45-32-43(62(6,7)8)20-22-49(45)67-60(55)65(47)58-35(2)26-41(27-36(58)3)53-30-39-16-12-14-18-51(39)69-53/h12-33H,1-11H3. The number of benzene rings is 7. The first-order chi connectivity index (χ1) is 33.5. The van der Waals surface area contributed by atoms with Crippen molar-refractivity contribution in [2.75, 3.05) is 9.80 Å². The van der Waals surface area contributed by atoms with Crippen LogP contribution >= 0.6 is 22.7 Å². The molecule has 0 aliphatic carbocycles. The Kier molecular flexibility index (Phi) is 9.33. The van der Waals surface area contributed by atoms with Gasteiger partial charge in [0, 0.05) is 52.2 Å². The molecule has 344 valence electrons. The molecule has 70 heavy (non-hydrogen) atoms. The van der Waals surface area contributed by atoms with Gasteiger partial charge in [0.25, 0.3) is 6.71 Å². The molecule has 2 aliphatic heterocycles. The van der Waals surface area contributed by atoms with Gasteiger partial charge in [-0.2, -0.15) is 0 Å². The number of furan rings is 2. The van der Waals surface area contributed by atoms with Gasteiger partial charge in [-0.3, -0.25) is 9.80 Å². The molecule has 11 aromatic rings. The van der Waals surface area contributed by atoms with Gasteiger partial charge in [-0.15, -0.1) is 22.7 Å². The van der Waals surface area contributed by atoms with Crippen LogP contribution in [0.25, 0.3) is 63.0 Å². The van der Waals surface area contributed by atoms with Crippen LogP contribution in [0.3, 0.4) is 0 Å². The highest BCUT2D eigenvalue weighted by Gasteiger charge is 2.50. The molecule has 0 amide bonds. The maximum Gasteiger partial charge on any atom is 0.262 e. The fraction of sp³-hybridized carbons (Fsp3) is 0.206. The normalized spacial score (nSPS) is 13.6. The van der Waals surface area contributed by atoms with Crippen molar-refractivity contribution < 1.29 is 8.83 Å². The summed E-state index contributed by atoms with van der Waals surface area (Å²) in [4.78, 5) is 7.51. The van der Waals surface area contributed by atoms with Gasteiger partial charge in [0.05, 0.1) is 11.4 Å². The second kappa shape index (κ2) is 15.1. The van der Waals surface area contributed by atoms with E-state index in [1.54, 1.807) is 0 Å². The van der Waals surface area contributed by atoms with Gasteiger partial charge in [0.1, 0.15) is 11.2 Å². The smallest absolute Gasteiger partial charge is 0.262 e. The van der Waals surface area contributed by atoms with Crippen LogP contribution in [0.2, 0.25) is 0 Å². The molecule has 0 spiro atoms. The van der Waals surface area contributed by atoms with E-state index >= 15 is 0 Å². The number of rotatable bonds is 4. The third kappa shape index (κ3) is 6.47. The van der Waals surface area contributed by atoms with E-state index < -0.39 is 0 Å². The predicted octanol–water partition coefficient (Wildman–Crippen LogP) is 17.2. The first kappa shape index (κ1) is 43.2. The topological polar surface area (TPSA) is 32.8 Å². The number of fused-ring (bicyclic) bond motifs is 10. The van der Waals surface area contributed by atoms with E-state index in [1.165, 1.54) is 96.4 Å². The lowest BCUT2D eigenvalue weighted by Crippen LogP contribution is -2.61. The summed E-state index contributed by atoms with van der Waals surface area (Å²) in [6, 6.07) is 50.2. The Hall–Kier alpha value is -6.80. The molecule has 0 bridgehead atoms. The summed E-state index contributed by atoms with van der Waals surface area (Å²) in [5.41, 5.74) is 20.8. The lowest BCUT2D eigenvalue weighted by molar-refractivity contribution is 0.589. The molecular formula is C63H55BN2O2S2. The molecule has 0 saturated carbocycles. The van der Waals surface area contributed by atoms with E-state index in [4.69, 9.17) is 8.83 Å². The second-order valence-electron chi connectivity index (χ2n) is 22.1. The number of aryl methyl sites for hydroxylation is 5. The van der Waals surface area contributed by atoms with Gasteiger partial charge >= 0.3 is 0 Å². The van der Waals surface area contributed by atoms with Crippen molar-refractivity contribution in [3.8, 4) is 20.9 Å². The van der Waals surface area contributed by atoms with Crippen molar-refractivity contribution in [1.29, 1.82) is 0 Å². The first-order valence-electron chi connectivity index (χ1n) is 24.6. The quantitative estimate of drug-likeness (QED) is 0.165. The van der Waals surface area contributed by atoms with Gasteiger partial charge < -0.3 is 8.83 Å². The van der Waals surface area contributed by atoms with Crippen LogP contribution in [0, 0.1) is 34.6 Å². The molecule has 7 heteroatoms. The fourth-order valence-corrected chi connectivity index (χ4v) is 13.8. The van der Waals surface area contributed by atoms with Crippen molar-refractivity contribution in [2.24, 2.45) is 0 Å². The molecule has 0 saturated heterocycles. The number of hydrogen-bond acceptors (Lipinski definition) is 6. The highest BCUT2D eigenvalue weighted by molar-refractivity contribution is 7.22. The van der Waals surface area contributed by atoms with Gasteiger partial charge in [0.2, 0.25) is 11.8 Å². The summed E-state index contributed by atoms with van der Waals surface area (Å²) in [5, 5.41) is 4.85. The average molecular weight is 947 g/mol. The molecule has 0 unspecified atom stereocenters. The summed E-state index contributed by atoms with van der Waals surface area (Å²) in [5.74, 6) is 1.74. The Morgan fingerprint density at radius 1 is 0.443 bits per heavy atom. The van der Waals surface area contributed by atoms with Crippen LogP contribution in [-0.2, 0) is 10.8 Å². The molecule has 2 aliphatic rings. The van der Waals surface area contributed by atoms with Gasteiger partial charge in [-0.25, -0.2) is 0 Å². The number of hydrogen-bond donors (Lipinski definition) is 0. The zero-order chi connectivity index (χ0) is 48.3. The second-order valence-corrected chi connectivity index (χ2v) is 24.3. The van der Waals surface area contributed by atoms with E-state index in [-0.39, 0.29) is 17.5 Å². The maximum atomic E-state index is 7.38. The highest BCUT2D eigenvalue weighted by Crippen LogP contribution is 2.52. The number of nitrogens with zero attached hydrogens (tertiary/aromatic N) is 2. The van der Waals surface area contributed by atoms with Crippen LogP contribution in [0.1, 0.15) is 80.5 Å². The van der Waals surface area contributed by atoms with Crippen LogP contribution in [-0.4, -0.2) is 6.71 Å². The highest BCUT2D eigenvalue weighted by atomic mass is 32.1. The summed E-state index contributed by atoms with van der Waals surface area (Å²) in [7, 11) is 0. The average Bonchev–Trinajstić information content (AvgIpc) is 4.11. The van der Waals surface area contributed by atoms with Gasteiger partial charge in [-0.1, -0.05) is 90.1 Å². The Morgan fingerprint density at radius 2 is 0.843 bits per heavy atom. The van der Waals surface area contributed by atoms with Crippen LogP contribution in [0.4, 0.5) is 34.5 Å². The minimum Gasteiger partial charge on any atom is -0.440 e. The van der Waals surface area contributed by atoms with E-state index in [0.29, 0.717) is 0 Å². The Bertz CT molecular complexity index is 3650. The molecule has 0 atom stereocenters. The maximum absolute atomic E-state index is 7.38. The van der Waals surface area contributed by atoms with Crippen molar-refractivity contribution >= 4 is 122 Å². The van der Waals surface area contributed by atoms with Crippen molar-refractivity contribution in [2.45, 2.75) is 87.0 Å². The zero-order valence-corrected chi connectivity index (χ0v) is 43.4. The summed E-state index contributed by atoms with van der Waals surface area (Å²) in [6.07, 6.45) is 0. The minimum absolute atomic E-state index is 0.0714. The van der Waals surface area contributed by atoms with Crippen LogP contribution in [0.5, 0.6) is 0 Å². The molecular weight excluding hydrogens is 892 g/mol. The van der Waals surface area contributed by atoms with E-state index in [2.05, 4.69) is 219 Å². The van der Waals surface area contributed by atoms with Gasteiger partial charge in [-0.05, 0) is 197 Å². The molecule has 4 aromatic heterocycles. The summed E-state index contributed by atoms with van der Waals surface area (Å²) in [6.45, 7) is 25.0. The molecule has 6 heterocycles. The Labute approximate surface area is 418 Å². The summed E-state index contributed by atoms with van der Waals surface area (Å²) < 4.78 is 17.4. The lowest BCUT2D eigenvalue weighted by atomic mass is 9.33. The summed E-state index contributed by atoms with van der Waals surface area (Å²) >= 11 is 3.72. The molecule has 0 radical (unpaired) electrons. The third-order valence-electron chi connectivity index (χ3n) is 15.0. The number of thiophene rings is 2. The van der Waals surface area contributed by atoms with Crippen LogP contribution < -0.4 is 26.2 Å². The molecule has 0 N–H and O–H groups in total. The molecule has 7 aromatic carbocycles. The zero-order valence-electron chi connectivity index (χ0n) is 41.8. The largest absolute Gasteiger partial charge is 0.440 e. The SMILES string of the molecule is Cc1cc2c3c(c1)N(c1c(C)cc(-c4cc5ccccc5s4)cc1C)c1oc4ccc(C(C)(C)C)cc4c1B3c1c(oc3ccc(C(C)(C)C)cc13)N2c1c(C)cc(-c2cc3ccccc3s2)cc1C. The lowest BCUT2D eigenvalue weighted by Gasteiger charge is -2.42. The van der Waals surface area contributed by atoms with Crippen molar-refractivity contribution in [3.63, 3.8) is 0 Å². The predicted molar refractivity (Wildman–Crippen MR) is 303 cm³/mol. The Morgan fingerprint density at radius 3 is 1.23 bits per heavy atom. The van der Waals surface area contributed by atoms with E-state index in [9.17, 15) is 0 Å². The molecule has 13 rings (SSSR count). The van der Waals surface area contributed by atoms with Crippen LogP contribution in [0.15, 0.2) is 142 Å². The third-order valence-corrected chi connectivity index (χ3v) is 17.4. The molecule has 4 nitrogen and oxygen atoms in total. The monoisotopic (exact) mass is 946 g/mol. The molecule has 0 fully saturated rings. The van der Waals surface area contributed by atoms with Crippen molar-refractivity contribution in [3.05, 3.63) is 172 Å². The first-order valence-corrected chi connectivity index (χ1v) is 26.2.